The monoisotopic (exact) mass is 516 g/mol. The van der Waals surface area contributed by atoms with E-state index in [9.17, 15) is 24.0 Å². The summed E-state index contributed by atoms with van der Waals surface area (Å²) in [5.41, 5.74) is -1.36. The number of benzene rings is 2. The van der Waals surface area contributed by atoms with Crippen molar-refractivity contribution >= 4 is 29.8 Å². The van der Waals surface area contributed by atoms with Crippen LogP contribution in [0.1, 0.15) is 74.3 Å². The summed E-state index contributed by atoms with van der Waals surface area (Å²) in [6.07, 6.45) is 0.866. The van der Waals surface area contributed by atoms with Gasteiger partial charge in [0.1, 0.15) is 0 Å². The quantitative estimate of drug-likeness (QED) is 0.422. The number of amides is 4. The first-order valence-electron chi connectivity index (χ1n) is 13.1. The van der Waals surface area contributed by atoms with Crippen LogP contribution in [-0.4, -0.2) is 51.0 Å². The van der Waals surface area contributed by atoms with Crippen molar-refractivity contribution in [2.75, 3.05) is 0 Å². The van der Waals surface area contributed by atoms with E-state index in [-0.39, 0.29) is 38.5 Å². The lowest BCUT2D eigenvalue weighted by Crippen LogP contribution is -2.66. The van der Waals surface area contributed by atoms with Gasteiger partial charge in [0, 0.05) is 50.4 Å². The van der Waals surface area contributed by atoms with E-state index in [1.165, 1.54) is 0 Å². The summed E-state index contributed by atoms with van der Waals surface area (Å²) in [7, 11) is 0. The Morgan fingerprint density at radius 2 is 0.947 bits per heavy atom. The number of hydrogen-bond acceptors (Lipinski definition) is 7. The third-order valence-electron chi connectivity index (χ3n) is 8.46. The van der Waals surface area contributed by atoms with E-state index in [4.69, 9.17) is 9.47 Å². The van der Waals surface area contributed by atoms with Gasteiger partial charge in [0.15, 0.2) is 0 Å². The van der Waals surface area contributed by atoms with Gasteiger partial charge in [0.25, 0.3) is 0 Å². The molecule has 4 fully saturated rings. The van der Waals surface area contributed by atoms with Crippen molar-refractivity contribution in [2.24, 2.45) is 0 Å². The second-order valence-electron chi connectivity index (χ2n) is 10.4. The minimum absolute atomic E-state index is 0.0529. The first kappa shape index (κ1) is 24.3. The number of nitrogens with zero attached hydrogens (tertiary/aromatic N) is 2. The van der Waals surface area contributed by atoms with Gasteiger partial charge in [-0.1, -0.05) is 60.7 Å². The summed E-state index contributed by atoms with van der Waals surface area (Å²) < 4.78 is 12.0. The van der Waals surface area contributed by atoms with Crippen LogP contribution in [0.2, 0.25) is 0 Å². The van der Waals surface area contributed by atoms with Gasteiger partial charge >= 0.3 is 6.16 Å². The number of carbonyl (C=O) groups excluding carboxylic acids is 5. The zero-order valence-corrected chi connectivity index (χ0v) is 20.8. The SMILES string of the molecule is O=C(OC1(N2C(=O)CCC2=O)CCC1c1ccccc1)OC1(N2C(=O)CCC2=O)CCC1c1ccccc1. The average molecular weight is 517 g/mol. The van der Waals surface area contributed by atoms with Crippen LogP contribution < -0.4 is 0 Å². The molecule has 4 unspecified atom stereocenters. The van der Waals surface area contributed by atoms with E-state index in [0.29, 0.717) is 12.8 Å². The van der Waals surface area contributed by atoms with E-state index in [0.717, 1.165) is 20.9 Å². The lowest BCUT2D eigenvalue weighted by molar-refractivity contribution is -0.226. The predicted molar refractivity (Wildman–Crippen MR) is 132 cm³/mol. The van der Waals surface area contributed by atoms with Crippen LogP contribution in [0, 0.1) is 0 Å². The van der Waals surface area contributed by atoms with Gasteiger partial charge < -0.3 is 9.47 Å². The van der Waals surface area contributed by atoms with Gasteiger partial charge in [-0.05, 0) is 24.0 Å². The second-order valence-corrected chi connectivity index (χ2v) is 10.4. The largest absolute Gasteiger partial charge is 0.512 e. The molecule has 2 saturated carbocycles. The Hall–Kier alpha value is -4.01. The highest BCUT2D eigenvalue weighted by molar-refractivity contribution is 6.04. The normalized spacial score (nSPS) is 30.7. The third kappa shape index (κ3) is 3.63. The zero-order chi connectivity index (χ0) is 26.5. The maximum Gasteiger partial charge on any atom is 0.512 e. The minimum Gasteiger partial charge on any atom is -0.406 e. The van der Waals surface area contributed by atoms with Crippen molar-refractivity contribution in [1.29, 1.82) is 0 Å². The number of ether oxygens (including phenoxy) is 2. The van der Waals surface area contributed by atoms with Crippen LogP contribution in [-0.2, 0) is 28.7 Å². The fourth-order valence-electron chi connectivity index (χ4n) is 6.47. The Balaban J connectivity index is 1.34. The highest BCUT2D eigenvalue weighted by Crippen LogP contribution is 2.55. The van der Waals surface area contributed by atoms with Crippen molar-refractivity contribution in [3.8, 4) is 0 Å². The molecule has 38 heavy (non-hydrogen) atoms. The molecule has 4 atom stereocenters. The van der Waals surface area contributed by atoms with Gasteiger partial charge in [0.2, 0.25) is 35.1 Å². The number of rotatable bonds is 6. The van der Waals surface area contributed by atoms with Crippen molar-refractivity contribution in [2.45, 2.75) is 74.7 Å². The van der Waals surface area contributed by atoms with Gasteiger partial charge in [-0.25, -0.2) is 14.6 Å². The molecule has 196 valence electrons. The molecule has 2 heterocycles. The van der Waals surface area contributed by atoms with Crippen LogP contribution in [0.25, 0.3) is 0 Å². The fourth-order valence-corrected chi connectivity index (χ4v) is 6.47. The van der Waals surface area contributed by atoms with Gasteiger partial charge in [-0.3, -0.25) is 19.2 Å². The molecule has 4 aliphatic rings. The molecule has 0 radical (unpaired) electrons. The van der Waals surface area contributed by atoms with Crippen molar-refractivity contribution < 1.29 is 33.4 Å². The van der Waals surface area contributed by atoms with Gasteiger partial charge in [0.05, 0.1) is 0 Å². The van der Waals surface area contributed by atoms with Gasteiger partial charge in [-0.15, -0.1) is 0 Å². The van der Waals surface area contributed by atoms with Crippen molar-refractivity contribution in [3.05, 3.63) is 71.8 Å². The zero-order valence-electron chi connectivity index (χ0n) is 20.8. The van der Waals surface area contributed by atoms with Crippen LogP contribution in [0.3, 0.4) is 0 Å². The Bertz CT molecular complexity index is 1180. The second kappa shape index (κ2) is 9.08. The molecule has 6 rings (SSSR count). The number of hydrogen-bond donors (Lipinski definition) is 0. The van der Waals surface area contributed by atoms with E-state index >= 15 is 0 Å². The summed E-state index contributed by atoms with van der Waals surface area (Å²) in [5.74, 6) is -2.41. The molecule has 0 spiro atoms. The molecule has 4 amide bonds. The first-order chi connectivity index (χ1) is 18.4. The van der Waals surface area contributed by atoms with Crippen LogP contribution in [0.15, 0.2) is 60.7 Å². The smallest absolute Gasteiger partial charge is 0.406 e. The first-order valence-corrected chi connectivity index (χ1v) is 13.1. The maximum atomic E-state index is 13.6. The highest BCUT2D eigenvalue weighted by Gasteiger charge is 2.64. The third-order valence-corrected chi connectivity index (χ3v) is 8.46. The van der Waals surface area contributed by atoms with Gasteiger partial charge in [-0.2, -0.15) is 0 Å². The van der Waals surface area contributed by atoms with Crippen molar-refractivity contribution in [3.63, 3.8) is 0 Å². The summed E-state index contributed by atoms with van der Waals surface area (Å²) >= 11 is 0. The number of carbonyl (C=O) groups is 5. The lowest BCUT2D eigenvalue weighted by Gasteiger charge is -2.54. The molecule has 0 N–H and O–H groups in total. The van der Waals surface area contributed by atoms with Crippen LogP contribution in [0.4, 0.5) is 4.79 Å². The number of likely N-dealkylation sites (tertiary alicyclic amines) is 2. The van der Waals surface area contributed by atoms with Crippen LogP contribution >= 0.6 is 0 Å². The van der Waals surface area contributed by atoms with E-state index in [1.54, 1.807) is 0 Å². The minimum atomic E-state index is -1.52. The molecule has 9 nitrogen and oxygen atoms in total. The topological polar surface area (TPSA) is 110 Å². The van der Waals surface area contributed by atoms with E-state index in [1.807, 2.05) is 60.7 Å². The summed E-state index contributed by atoms with van der Waals surface area (Å²) in [4.78, 5) is 67.2. The number of imide groups is 2. The molecule has 0 bridgehead atoms. The summed E-state index contributed by atoms with van der Waals surface area (Å²) in [6, 6.07) is 18.6. The maximum absolute atomic E-state index is 13.6. The molecule has 2 saturated heterocycles. The summed E-state index contributed by atoms with van der Waals surface area (Å²) in [5, 5.41) is 0. The molecular formula is C29H28N2O7. The molecule has 2 aliphatic carbocycles. The van der Waals surface area contributed by atoms with Crippen molar-refractivity contribution in [1.82, 2.24) is 9.80 Å². The Kier molecular flexibility index (Phi) is 5.81. The molecule has 0 aromatic heterocycles. The van der Waals surface area contributed by atoms with E-state index in [2.05, 4.69) is 0 Å². The average Bonchev–Trinajstić information content (AvgIpc) is 3.41. The van der Waals surface area contributed by atoms with E-state index < -0.39 is 53.1 Å². The Labute approximate surface area is 219 Å². The predicted octanol–water partition coefficient (Wildman–Crippen LogP) is 3.99. The molecular weight excluding hydrogens is 488 g/mol. The standard InChI is InChI=1S/C29H28N2O7/c32-23-11-12-24(33)30(23)28(17-15-21(28)19-7-3-1-4-8-19)37-27(36)38-29(31-25(34)13-14-26(31)35)18-16-22(29)20-9-5-2-6-10-20/h1-10,21-22H,11-18H2. The molecule has 2 aromatic carbocycles. The van der Waals surface area contributed by atoms with Crippen LogP contribution in [0.5, 0.6) is 0 Å². The summed E-state index contributed by atoms with van der Waals surface area (Å²) in [6.45, 7) is 0. The highest BCUT2D eigenvalue weighted by atomic mass is 16.8. The Morgan fingerprint density at radius 3 is 1.24 bits per heavy atom. The lowest BCUT2D eigenvalue weighted by atomic mass is 9.70. The molecule has 2 aromatic rings. The molecule has 9 heteroatoms. The Morgan fingerprint density at radius 1 is 0.605 bits per heavy atom. The molecule has 2 aliphatic heterocycles. The fraction of sp³-hybridized carbons (Fsp3) is 0.414.